The second kappa shape index (κ2) is 12.5. The highest BCUT2D eigenvalue weighted by molar-refractivity contribution is 14.0. The van der Waals surface area contributed by atoms with E-state index in [2.05, 4.69) is 15.6 Å². The Bertz CT molecular complexity index is 926. The van der Waals surface area contributed by atoms with Crippen molar-refractivity contribution in [2.75, 3.05) is 28.3 Å². The first kappa shape index (κ1) is 27.5. The smallest absolute Gasteiger partial charge is 0.251 e. The molecule has 8 heteroatoms. The largest absolute Gasteiger partial charge is 0.497 e. The lowest BCUT2D eigenvalue weighted by atomic mass is 10.1. The maximum atomic E-state index is 12.4. The molecule has 0 bridgehead atoms. The number of ether oxygens (including phenoxy) is 2. The Morgan fingerprint density at radius 1 is 1.09 bits per heavy atom. The van der Waals surface area contributed by atoms with E-state index in [4.69, 9.17) is 9.47 Å². The summed E-state index contributed by atoms with van der Waals surface area (Å²) in [5.41, 5.74) is 2.38. The number of hydrogen-bond donors (Lipinski definition) is 2. The molecule has 1 amide bonds. The van der Waals surface area contributed by atoms with Crippen molar-refractivity contribution in [3.63, 3.8) is 0 Å². The van der Waals surface area contributed by atoms with Crippen LogP contribution in [0.5, 0.6) is 11.5 Å². The SMILES string of the molecule is CN=C(NCc1cccc(C(=O)NC(C)(C)C)c1)N(C)Cc1ccc(OC)cc1OC.I. The predicted molar refractivity (Wildman–Crippen MR) is 140 cm³/mol. The molecule has 2 rings (SSSR count). The van der Waals surface area contributed by atoms with Crippen LogP contribution in [0.4, 0.5) is 0 Å². The third-order valence-corrected chi connectivity index (χ3v) is 4.60. The fourth-order valence-electron chi connectivity index (χ4n) is 3.11. The Morgan fingerprint density at radius 2 is 1.81 bits per heavy atom. The lowest BCUT2D eigenvalue weighted by molar-refractivity contribution is 0.0919. The summed E-state index contributed by atoms with van der Waals surface area (Å²) in [6.07, 6.45) is 0. The minimum absolute atomic E-state index is 0. The molecule has 0 unspecified atom stereocenters. The number of amides is 1. The van der Waals surface area contributed by atoms with Gasteiger partial charge < -0.3 is 25.0 Å². The normalized spacial score (nSPS) is 11.3. The Morgan fingerprint density at radius 3 is 2.41 bits per heavy atom. The van der Waals surface area contributed by atoms with Crippen LogP contribution in [-0.2, 0) is 13.1 Å². The minimum Gasteiger partial charge on any atom is -0.497 e. The second-order valence-corrected chi connectivity index (χ2v) is 8.34. The summed E-state index contributed by atoms with van der Waals surface area (Å²) in [5.74, 6) is 2.17. The number of halogens is 1. The predicted octanol–water partition coefficient (Wildman–Crippen LogP) is 4.06. The number of hydrogen-bond acceptors (Lipinski definition) is 4. The summed E-state index contributed by atoms with van der Waals surface area (Å²) in [5, 5.41) is 6.35. The Kier molecular flexibility index (Phi) is 10.8. The highest BCUT2D eigenvalue weighted by atomic mass is 127. The molecule has 0 radical (unpaired) electrons. The van der Waals surface area contributed by atoms with Crippen LogP contribution in [0.25, 0.3) is 0 Å². The number of methoxy groups -OCH3 is 2. The molecule has 32 heavy (non-hydrogen) atoms. The average molecular weight is 554 g/mol. The summed E-state index contributed by atoms with van der Waals surface area (Å²) in [7, 11) is 6.99. The van der Waals surface area contributed by atoms with Gasteiger partial charge in [-0.2, -0.15) is 0 Å². The number of benzene rings is 2. The summed E-state index contributed by atoms with van der Waals surface area (Å²) < 4.78 is 10.8. The molecule has 0 aliphatic carbocycles. The maximum Gasteiger partial charge on any atom is 0.251 e. The van der Waals surface area contributed by atoms with E-state index >= 15 is 0 Å². The first-order valence-corrected chi connectivity index (χ1v) is 10.2. The van der Waals surface area contributed by atoms with Crippen LogP contribution in [-0.4, -0.2) is 50.6 Å². The number of guanidine groups is 1. The summed E-state index contributed by atoms with van der Waals surface area (Å²) in [6.45, 7) is 7.06. The van der Waals surface area contributed by atoms with Crippen LogP contribution >= 0.6 is 24.0 Å². The maximum absolute atomic E-state index is 12.4. The topological polar surface area (TPSA) is 75.2 Å². The van der Waals surface area contributed by atoms with Crippen LogP contribution in [0.15, 0.2) is 47.5 Å². The van der Waals surface area contributed by atoms with E-state index in [0.29, 0.717) is 18.7 Å². The highest BCUT2D eigenvalue weighted by Crippen LogP contribution is 2.25. The fraction of sp³-hybridized carbons (Fsp3) is 0.417. The van der Waals surface area contributed by atoms with E-state index in [1.807, 2.05) is 75.2 Å². The number of nitrogens with one attached hydrogen (secondary N) is 2. The minimum atomic E-state index is -0.279. The van der Waals surface area contributed by atoms with Gasteiger partial charge in [-0.05, 0) is 50.6 Å². The van der Waals surface area contributed by atoms with E-state index in [9.17, 15) is 4.79 Å². The zero-order valence-corrected chi connectivity index (χ0v) is 22.3. The summed E-state index contributed by atoms with van der Waals surface area (Å²) in [4.78, 5) is 18.8. The van der Waals surface area contributed by atoms with Crippen LogP contribution in [0.1, 0.15) is 42.3 Å². The molecule has 7 nitrogen and oxygen atoms in total. The lowest BCUT2D eigenvalue weighted by Gasteiger charge is -2.23. The molecular formula is C24H35IN4O3. The van der Waals surface area contributed by atoms with Crippen LogP contribution in [0.2, 0.25) is 0 Å². The summed E-state index contributed by atoms with van der Waals surface area (Å²) in [6, 6.07) is 13.4. The molecule has 0 saturated heterocycles. The van der Waals surface area contributed by atoms with Gasteiger partial charge in [0.05, 0.1) is 14.2 Å². The molecule has 2 aromatic rings. The number of carbonyl (C=O) groups excluding carboxylic acids is 1. The molecule has 2 aromatic carbocycles. The number of carbonyl (C=O) groups is 1. The standard InChI is InChI=1S/C24H34N4O3.HI/c1-24(2,3)27-22(29)18-10-8-9-17(13-18)15-26-23(25-4)28(5)16-19-11-12-20(30-6)14-21(19)31-7;/h8-14H,15-16H2,1-7H3,(H,25,26)(H,27,29);1H. The van der Waals surface area contributed by atoms with Crippen molar-refractivity contribution in [1.29, 1.82) is 0 Å². The first-order valence-electron chi connectivity index (χ1n) is 10.2. The quantitative estimate of drug-likeness (QED) is 0.307. The van der Waals surface area contributed by atoms with Crippen molar-refractivity contribution < 1.29 is 14.3 Å². The molecule has 0 atom stereocenters. The molecule has 0 saturated carbocycles. The van der Waals surface area contributed by atoms with E-state index in [1.54, 1.807) is 21.3 Å². The molecular weight excluding hydrogens is 519 g/mol. The Balaban J connectivity index is 0.00000512. The zero-order valence-electron chi connectivity index (χ0n) is 20.0. The molecule has 2 N–H and O–H groups in total. The van der Waals surface area contributed by atoms with Crippen LogP contribution in [0, 0.1) is 0 Å². The molecule has 0 heterocycles. The van der Waals surface area contributed by atoms with Crippen molar-refractivity contribution in [1.82, 2.24) is 15.5 Å². The van der Waals surface area contributed by atoms with Crippen molar-refractivity contribution >= 4 is 35.8 Å². The van der Waals surface area contributed by atoms with Crippen molar-refractivity contribution in [2.24, 2.45) is 4.99 Å². The summed E-state index contributed by atoms with van der Waals surface area (Å²) >= 11 is 0. The zero-order chi connectivity index (χ0) is 23.0. The van der Waals surface area contributed by atoms with E-state index in [0.717, 1.165) is 28.6 Å². The van der Waals surface area contributed by atoms with E-state index in [1.165, 1.54) is 0 Å². The third-order valence-electron chi connectivity index (χ3n) is 4.60. The number of rotatable bonds is 7. The molecule has 0 aromatic heterocycles. The Hall–Kier alpha value is -2.49. The van der Waals surface area contributed by atoms with Gasteiger partial charge >= 0.3 is 0 Å². The third kappa shape index (κ3) is 8.22. The monoisotopic (exact) mass is 554 g/mol. The van der Waals surface area contributed by atoms with Crippen LogP contribution in [0.3, 0.4) is 0 Å². The van der Waals surface area contributed by atoms with Gasteiger partial charge in [0, 0.05) is 49.9 Å². The van der Waals surface area contributed by atoms with Crippen molar-refractivity contribution in [3.8, 4) is 11.5 Å². The highest BCUT2D eigenvalue weighted by Gasteiger charge is 2.16. The number of aliphatic imine (C=N–C) groups is 1. The second-order valence-electron chi connectivity index (χ2n) is 8.34. The van der Waals surface area contributed by atoms with Gasteiger partial charge in [0.1, 0.15) is 11.5 Å². The fourth-order valence-corrected chi connectivity index (χ4v) is 3.11. The first-order chi connectivity index (χ1) is 14.7. The van der Waals surface area contributed by atoms with Crippen LogP contribution < -0.4 is 20.1 Å². The van der Waals surface area contributed by atoms with Gasteiger partial charge in [0.25, 0.3) is 5.91 Å². The van der Waals surface area contributed by atoms with E-state index < -0.39 is 0 Å². The molecule has 0 spiro atoms. The van der Waals surface area contributed by atoms with Crippen molar-refractivity contribution in [3.05, 3.63) is 59.2 Å². The molecule has 176 valence electrons. The molecule has 0 fully saturated rings. The van der Waals surface area contributed by atoms with Gasteiger partial charge in [0.15, 0.2) is 5.96 Å². The average Bonchev–Trinajstić information content (AvgIpc) is 2.73. The van der Waals surface area contributed by atoms with Crippen molar-refractivity contribution in [2.45, 2.75) is 39.4 Å². The van der Waals surface area contributed by atoms with Gasteiger partial charge in [-0.3, -0.25) is 9.79 Å². The van der Waals surface area contributed by atoms with Gasteiger partial charge in [0.2, 0.25) is 0 Å². The van der Waals surface area contributed by atoms with Gasteiger partial charge in [-0.15, -0.1) is 24.0 Å². The van der Waals surface area contributed by atoms with Gasteiger partial charge in [-0.1, -0.05) is 12.1 Å². The Labute approximate surface area is 208 Å². The van der Waals surface area contributed by atoms with E-state index in [-0.39, 0.29) is 35.4 Å². The lowest BCUT2D eigenvalue weighted by Crippen LogP contribution is -2.40. The molecule has 0 aliphatic rings. The molecule has 0 aliphatic heterocycles. The van der Waals surface area contributed by atoms with Gasteiger partial charge in [-0.25, -0.2) is 0 Å². The number of nitrogens with zero attached hydrogens (tertiary/aromatic N) is 2.